The Labute approximate surface area is 240 Å². The summed E-state index contributed by atoms with van der Waals surface area (Å²) in [5.74, 6) is -0.985. The Morgan fingerprint density at radius 3 is 2.35 bits per heavy atom. The van der Waals surface area contributed by atoms with Crippen molar-refractivity contribution in [2.45, 2.75) is 84.4 Å². The molecule has 3 rings (SSSR count). The van der Waals surface area contributed by atoms with Crippen LogP contribution in [0.3, 0.4) is 0 Å². The van der Waals surface area contributed by atoms with E-state index in [2.05, 4.69) is 15.6 Å². The quantitative estimate of drug-likeness (QED) is 0.299. The summed E-state index contributed by atoms with van der Waals surface area (Å²) in [6, 6.07) is 9.18. The molecule has 218 valence electrons. The lowest BCUT2D eigenvalue weighted by molar-refractivity contribution is -0.147. The number of nitrogens with one attached hydrogen (secondary N) is 2. The van der Waals surface area contributed by atoms with Gasteiger partial charge in [-0.15, -0.1) is 11.3 Å². The largest absolute Gasteiger partial charge is 0.469 e. The fourth-order valence-electron chi connectivity index (χ4n) is 4.59. The summed E-state index contributed by atoms with van der Waals surface area (Å²) in [4.78, 5) is 54.3. The molecule has 2 unspecified atom stereocenters. The number of ether oxygens (including phenoxy) is 2. The van der Waals surface area contributed by atoms with Gasteiger partial charge in [-0.3, -0.25) is 19.2 Å². The zero-order valence-corrected chi connectivity index (χ0v) is 24.8. The predicted octanol–water partition coefficient (Wildman–Crippen LogP) is 4.62. The van der Waals surface area contributed by atoms with Gasteiger partial charge in [0, 0.05) is 37.2 Å². The van der Waals surface area contributed by atoms with Gasteiger partial charge in [0.05, 0.1) is 13.0 Å². The Morgan fingerprint density at radius 2 is 1.75 bits per heavy atom. The maximum Gasteiger partial charge on any atom is 0.308 e. The monoisotopic (exact) mass is 571 g/mol. The van der Waals surface area contributed by atoms with Crippen LogP contribution in [0, 0.1) is 17.8 Å². The fraction of sp³-hybridized carbons (Fsp3) is 0.567. The summed E-state index contributed by atoms with van der Waals surface area (Å²) in [6.45, 7) is 7.13. The van der Waals surface area contributed by atoms with Crippen molar-refractivity contribution >= 4 is 35.1 Å². The van der Waals surface area contributed by atoms with Crippen LogP contribution in [0.4, 0.5) is 0 Å². The van der Waals surface area contributed by atoms with Crippen LogP contribution >= 0.6 is 11.3 Å². The average Bonchev–Trinajstić information content (AvgIpc) is 3.57. The molecule has 10 heteroatoms. The Kier molecular flexibility index (Phi) is 11.7. The number of rotatable bonds is 15. The minimum atomic E-state index is -0.697. The molecule has 2 amide bonds. The van der Waals surface area contributed by atoms with Gasteiger partial charge in [0.1, 0.15) is 10.7 Å². The molecule has 1 heterocycles. The second-order valence-electron chi connectivity index (χ2n) is 11.0. The lowest BCUT2D eigenvalue weighted by atomic mass is 9.96. The van der Waals surface area contributed by atoms with E-state index < -0.39 is 18.0 Å². The third-order valence-electron chi connectivity index (χ3n) is 7.03. The smallest absolute Gasteiger partial charge is 0.308 e. The number of carbonyl (C=O) groups excluding carboxylic acids is 4. The Bertz CT molecular complexity index is 1150. The lowest BCUT2D eigenvalue weighted by Gasteiger charge is -2.26. The summed E-state index contributed by atoms with van der Waals surface area (Å²) in [5.41, 5.74) is 1.24. The van der Waals surface area contributed by atoms with Crippen LogP contribution in [0.25, 0.3) is 0 Å². The number of amides is 2. The number of methoxy groups -OCH3 is 1. The first-order valence-corrected chi connectivity index (χ1v) is 14.8. The SMILES string of the molecule is COC(=O)[C@@H](C)CC(Cc1ccccc1)NC(=O)c1csc([C@@H](CC(NC(=O)CC2CC2)C(C)C)OC(C)=O)n1. The van der Waals surface area contributed by atoms with E-state index in [9.17, 15) is 19.2 Å². The van der Waals surface area contributed by atoms with Gasteiger partial charge in [-0.05, 0) is 43.1 Å². The molecule has 0 spiro atoms. The number of thiazole rings is 1. The van der Waals surface area contributed by atoms with E-state index in [4.69, 9.17) is 9.47 Å². The molecule has 9 nitrogen and oxygen atoms in total. The summed E-state index contributed by atoms with van der Waals surface area (Å²) >= 11 is 1.24. The van der Waals surface area contributed by atoms with Crippen molar-refractivity contribution in [2.75, 3.05) is 7.11 Å². The van der Waals surface area contributed by atoms with Gasteiger partial charge in [-0.1, -0.05) is 51.1 Å². The zero-order valence-electron chi connectivity index (χ0n) is 24.0. The van der Waals surface area contributed by atoms with Gasteiger partial charge < -0.3 is 20.1 Å². The van der Waals surface area contributed by atoms with Crippen molar-refractivity contribution < 1.29 is 28.7 Å². The van der Waals surface area contributed by atoms with Crippen LogP contribution in [-0.2, 0) is 30.3 Å². The van der Waals surface area contributed by atoms with E-state index in [1.807, 2.05) is 44.2 Å². The molecule has 1 fully saturated rings. The molecular formula is C30H41N3O6S. The van der Waals surface area contributed by atoms with Crippen molar-refractivity contribution in [1.82, 2.24) is 15.6 Å². The molecule has 1 aromatic carbocycles. The molecule has 1 aliphatic carbocycles. The molecule has 0 radical (unpaired) electrons. The van der Waals surface area contributed by atoms with Gasteiger partial charge in [0.25, 0.3) is 5.91 Å². The summed E-state index contributed by atoms with van der Waals surface area (Å²) in [7, 11) is 1.35. The Hall–Kier alpha value is -3.27. The minimum absolute atomic E-state index is 0.00706. The van der Waals surface area contributed by atoms with Crippen molar-refractivity contribution in [3.63, 3.8) is 0 Å². The molecule has 1 saturated carbocycles. The highest BCUT2D eigenvalue weighted by Crippen LogP contribution is 2.33. The highest BCUT2D eigenvalue weighted by atomic mass is 32.1. The van der Waals surface area contributed by atoms with Crippen LogP contribution in [0.5, 0.6) is 0 Å². The van der Waals surface area contributed by atoms with Crippen molar-refractivity contribution in [1.29, 1.82) is 0 Å². The molecule has 40 heavy (non-hydrogen) atoms. The van der Waals surface area contributed by atoms with Gasteiger partial charge in [0.15, 0.2) is 6.10 Å². The third-order valence-corrected chi connectivity index (χ3v) is 7.97. The first-order valence-electron chi connectivity index (χ1n) is 13.9. The van der Waals surface area contributed by atoms with Gasteiger partial charge >= 0.3 is 11.9 Å². The number of hydrogen-bond acceptors (Lipinski definition) is 8. The molecule has 0 saturated heterocycles. The number of benzene rings is 1. The molecule has 0 bridgehead atoms. The second kappa shape index (κ2) is 14.9. The molecule has 4 atom stereocenters. The van der Waals surface area contributed by atoms with Crippen molar-refractivity contribution in [3.8, 4) is 0 Å². The first-order chi connectivity index (χ1) is 19.0. The van der Waals surface area contributed by atoms with E-state index in [1.165, 1.54) is 25.4 Å². The normalized spacial score (nSPS) is 15.9. The predicted molar refractivity (Wildman–Crippen MR) is 153 cm³/mol. The van der Waals surface area contributed by atoms with E-state index in [-0.39, 0.29) is 41.5 Å². The van der Waals surface area contributed by atoms with Gasteiger partial charge in [0.2, 0.25) is 5.91 Å². The van der Waals surface area contributed by atoms with E-state index >= 15 is 0 Å². The standard InChI is InChI=1S/C30H41N3O6S/c1-18(2)24(32-27(35)15-22-11-12-22)16-26(39-20(4)34)29-33-25(17-40-29)28(36)31-23(13-19(3)30(37)38-5)14-21-9-7-6-8-10-21/h6-10,17-19,22-24,26H,11-16H2,1-5H3,(H,31,36)(H,32,35)/t19-,23?,24?,26+/m0/s1. The molecular weight excluding hydrogens is 530 g/mol. The average molecular weight is 572 g/mol. The van der Waals surface area contributed by atoms with Crippen LogP contribution < -0.4 is 10.6 Å². The van der Waals surface area contributed by atoms with E-state index in [1.54, 1.807) is 12.3 Å². The van der Waals surface area contributed by atoms with E-state index in [0.717, 1.165) is 18.4 Å². The number of carbonyl (C=O) groups is 4. The van der Waals surface area contributed by atoms with Crippen LogP contribution in [0.2, 0.25) is 0 Å². The number of aromatic nitrogens is 1. The van der Waals surface area contributed by atoms with Gasteiger partial charge in [-0.25, -0.2) is 4.98 Å². The summed E-state index contributed by atoms with van der Waals surface area (Å²) in [6.07, 6.45) is 3.30. The summed E-state index contributed by atoms with van der Waals surface area (Å²) in [5, 5.41) is 8.26. The number of hydrogen-bond donors (Lipinski definition) is 2. The molecule has 1 aromatic heterocycles. The topological polar surface area (TPSA) is 124 Å². The second-order valence-corrected chi connectivity index (χ2v) is 11.9. The highest BCUT2D eigenvalue weighted by Gasteiger charge is 2.30. The number of nitrogens with zero attached hydrogens (tertiary/aromatic N) is 1. The summed E-state index contributed by atoms with van der Waals surface area (Å²) < 4.78 is 10.5. The van der Waals surface area contributed by atoms with E-state index in [0.29, 0.717) is 36.6 Å². The number of esters is 2. The van der Waals surface area contributed by atoms with Crippen molar-refractivity contribution in [2.24, 2.45) is 17.8 Å². The molecule has 0 aliphatic heterocycles. The molecule has 2 N–H and O–H groups in total. The first kappa shape index (κ1) is 31.3. The van der Waals surface area contributed by atoms with Crippen LogP contribution in [0.15, 0.2) is 35.7 Å². The Balaban J connectivity index is 1.72. The highest BCUT2D eigenvalue weighted by molar-refractivity contribution is 7.09. The maximum absolute atomic E-state index is 13.3. The van der Waals surface area contributed by atoms with Crippen molar-refractivity contribution in [3.05, 3.63) is 52.0 Å². The zero-order chi connectivity index (χ0) is 29.2. The lowest BCUT2D eigenvalue weighted by Crippen LogP contribution is -2.40. The molecule has 1 aliphatic rings. The Morgan fingerprint density at radius 1 is 1.05 bits per heavy atom. The fourth-order valence-corrected chi connectivity index (χ4v) is 5.43. The van der Waals surface area contributed by atoms with Crippen LogP contribution in [-0.4, -0.2) is 47.9 Å². The third kappa shape index (κ3) is 10.0. The van der Waals surface area contributed by atoms with Gasteiger partial charge in [-0.2, -0.15) is 0 Å². The molecule has 2 aromatic rings. The van der Waals surface area contributed by atoms with Crippen LogP contribution in [0.1, 0.15) is 87.0 Å². The maximum atomic E-state index is 13.3. The minimum Gasteiger partial charge on any atom is -0.469 e.